The predicted octanol–water partition coefficient (Wildman–Crippen LogP) is 1.75. The van der Waals surface area contributed by atoms with Crippen LogP contribution < -0.4 is 15.0 Å². The van der Waals surface area contributed by atoms with Gasteiger partial charge in [0.1, 0.15) is 0 Å². The maximum absolute atomic E-state index is 11.8. The van der Waals surface area contributed by atoms with Gasteiger partial charge in [0, 0.05) is 37.2 Å². The highest BCUT2D eigenvalue weighted by molar-refractivity contribution is 7.99. The summed E-state index contributed by atoms with van der Waals surface area (Å²) in [5, 5.41) is 0.502. The summed E-state index contributed by atoms with van der Waals surface area (Å²) in [7, 11) is 1.57. The second-order valence-electron chi connectivity index (χ2n) is 5.41. The number of aromatic nitrogens is 2. The molecule has 0 saturated carbocycles. The number of fused-ring (bicyclic) bond motifs is 1. The van der Waals surface area contributed by atoms with Crippen molar-refractivity contribution in [3.8, 4) is 11.5 Å². The average Bonchev–Trinajstić information content (AvgIpc) is 2.59. The van der Waals surface area contributed by atoms with Crippen LogP contribution in [0.5, 0.6) is 11.5 Å². The Bertz CT molecular complexity index is 713. The van der Waals surface area contributed by atoms with Gasteiger partial charge in [-0.05, 0) is 12.5 Å². The van der Waals surface area contributed by atoms with Crippen LogP contribution >= 0.6 is 11.8 Å². The molecule has 1 aromatic carbocycles. The van der Waals surface area contributed by atoms with Gasteiger partial charge in [0.15, 0.2) is 11.5 Å². The van der Waals surface area contributed by atoms with Gasteiger partial charge >= 0.3 is 0 Å². The summed E-state index contributed by atoms with van der Waals surface area (Å²) in [5.41, 5.74) is 0.431. The first-order valence-electron chi connectivity index (χ1n) is 7.76. The minimum absolute atomic E-state index is 0.272. The first-order chi connectivity index (χ1) is 11.3. The number of H-pyrrole nitrogens is 1. The zero-order valence-corrected chi connectivity index (χ0v) is 14.0. The lowest BCUT2D eigenvalue weighted by Crippen LogP contribution is -2.33. The van der Waals surface area contributed by atoms with E-state index < -0.39 is 0 Å². The summed E-state index contributed by atoms with van der Waals surface area (Å²) in [4.78, 5) is 20.9. The Balaban J connectivity index is 1.63. The summed E-state index contributed by atoms with van der Waals surface area (Å²) in [6, 6.07) is 3.48. The number of nitrogens with one attached hydrogen (secondary N) is 1. The van der Waals surface area contributed by atoms with Crippen LogP contribution in [0.3, 0.4) is 0 Å². The Hall–Kier alpha value is -1.73. The van der Waals surface area contributed by atoms with Gasteiger partial charge in [-0.2, -0.15) is 16.7 Å². The van der Waals surface area contributed by atoms with Gasteiger partial charge in [-0.25, -0.2) is 0 Å². The number of methoxy groups -OCH3 is 1. The smallest absolute Gasteiger partial charge is 0.280 e. The number of rotatable bonds is 6. The Labute approximate surface area is 139 Å². The highest BCUT2D eigenvalue weighted by Gasteiger charge is 2.11. The predicted molar refractivity (Wildman–Crippen MR) is 92.8 cm³/mol. The molecule has 1 aliphatic rings. The zero-order chi connectivity index (χ0) is 16.1. The summed E-state index contributed by atoms with van der Waals surface area (Å²) in [6.07, 6.45) is 2.37. The molecular formula is C16H21N3O3S. The highest BCUT2D eigenvalue weighted by atomic mass is 32.2. The Morgan fingerprint density at radius 1 is 1.30 bits per heavy atom. The third-order valence-corrected chi connectivity index (χ3v) is 4.86. The van der Waals surface area contributed by atoms with Crippen molar-refractivity contribution in [3.05, 3.63) is 28.8 Å². The van der Waals surface area contributed by atoms with E-state index in [0.717, 1.165) is 26.1 Å². The van der Waals surface area contributed by atoms with Gasteiger partial charge in [0.05, 0.1) is 30.9 Å². The second kappa shape index (κ2) is 7.70. The van der Waals surface area contributed by atoms with Crippen LogP contribution in [-0.4, -0.2) is 59.7 Å². The molecule has 0 radical (unpaired) electrons. The molecule has 2 heterocycles. The Morgan fingerprint density at radius 3 is 2.91 bits per heavy atom. The number of aromatic amines is 1. The van der Waals surface area contributed by atoms with Crippen molar-refractivity contribution in [2.75, 3.05) is 44.9 Å². The first kappa shape index (κ1) is 16.1. The average molecular weight is 335 g/mol. The molecule has 2 aromatic rings. The van der Waals surface area contributed by atoms with Crippen molar-refractivity contribution in [2.45, 2.75) is 6.42 Å². The van der Waals surface area contributed by atoms with Crippen molar-refractivity contribution in [1.29, 1.82) is 0 Å². The van der Waals surface area contributed by atoms with E-state index in [1.165, 1.54) is 17.8 Å². The summed E-state index contributed by atoms with van der Waals surface area (Å²) >= 11 is 2.02. The summed E-state index contributed by atoms with van der Waals surface area (Å²) in [6.45, 7) is 4.01. The minimum Gasteiger partial charge on any atom is -0.493 e. The van der Waals surface area contributed by atoms with Gasteiger partial charge < -0.3 is 19.4 Å². The Kier molecular flexibility index (Phi) is 5.40. The van der Waals surface area contributed by atoms with Crippen LogP contribution in [0, 0.1) is 0 Å². The SMILES string of the molecule is COc1cc2c(=O)nc[nH]c2cc1OCCCN1CCSCC1. The van der Waals surface area contributed by atoms with Crippen LogP contribution in [0.2, 0.25) is 0 Å². The Morgan fingerprint density at radius 2 is 2.13 bits per heavy atom. The van der Waals surface area contributed by atoms with E-state index in [1.54, 1.807) is 19.2 Å². The van der Waals surface area contributed by atoms with Crippen molar-refractivity contribution in [2.24, 2.45) is 0 Å². The van der Waals surface area contributed by atoms with Gasteiger partial charge in [-0.15, -0.1) is 0 Å². The highest BCUT2D eigenvalue weighted by Crippen LogP contribution is 2.30. The van der Waals surface area contributed by atoms with Crippen LogP contribution in [0.15, 0.2) is 23.3 Å². The molecule has 0 aliphatic carbocycles. The number of hydrogen-bond donors (Lipinski definition) is 1. The van der Waals surface area contributed by atoms with E-state index >= 15 is 0 Å². The maximum Gasteiger partial charge on any atom is 0.280 e. The quantitative estimate of drug-likeness (QED) is 0.811. The zero-order valence-electron chi connectivity index (χ0n) is 13.2. The van der Waals surface area contributed by atoms with Crippen molar-refractivity contribution >= 4 is 22.7 Å². The monoisotopic (exact) mass is 335 g/mol. The van der Waals surface area contributed by atoms with Gasteiger partial charge in [0.2, 0.25) is 0 Å². The molecule has 0 unspecified atom stereocenters. The molecule has 23 heavy (non-hydrogen) atoms. The lowest BCUT2D eigenvalue weighted by Gasteiger charge is -2.25. The molecule has 7 heteroatoms. The van der Waals surface area contributed by atoms with Crippen LogP contribution in [-0.2, 0) is 0 Å². The van der Waals surface area contributed by atoms with E-state index in [9.17, 15) is 4.79 Å². The summed E-state index contributed by atoms with van der Waals surface area (Å²) < 4.78 is 11.2. The number of thioether (sulfide) groups is 1. The van der Waals surface area contributed by atoms with Crippen molar-refractivity contribution < 1.29 is 9.47 Å². The van der Waals surface area contributed by atoms with E-state index in [0.29, 0.717) is 29.0 Å². The normalized spacial score (nSPS) is 15.7. The molecule has 1 N–H and O–H groups in total. The van der Waals surface area contributed by atoms with E-state index in [2.05, 4.69) is 14.9 Å². The van der Waals surface area contributed by atoms with E-state index in [-0.39, 0.29) is 5.56 Å². The van der Waals surface area contributed by atoms with Crippen LogP contribution in [0.1, 0.15) is 6.42 Å². The fourth-order valence-electron chi connectivity index (χ4n) is 2.65. The standard InChI is InChI=1S/C16H21N3O3S/c1-21-14-9-12-13(17-11-18-16(12)20)10-15(14)22-6-2-3-19-4-7-23-8-5-19/h9-11H,2-8H2,1H3,(H,17,18,20). The fourth-order valence-corrected chi connectivity index (χ4v) is 3.63. The third kappa shape index (κ3) is 3.97. The molecule has 1 aromatic heterocycles. The number of hydrogen-bond acceptors (Lipinski definition) is 6. The van der Waals surface area contributed by atoms with Gasteiger partial charge in [0.25, 0.3) is 5.56 Å². The van der Waals surface area contributed by atoms with Crippen LogP contribution in [0.25, 0.3) is 10.9 Å². The summed E-state index contributed by atoms with van der Waals surface area (Å²) in [5.74, 6) is 3.66. The van der Waals surface area contributed by atoms with Crippen LogP contribution in [0.4, 0.5) is 0 Å². The molecular weight excluding hydrogens is 314 g/mol. The van der Waals surface area contributed by atoms with Gasteiger partial charge in [-0.1, -0.05) is 0 Å². The van der Waals surface area contributed by atoms with Crippen molar-refractivity contribution in [1.82, 2.24) is 14.9 Å². The van der Waals surface area contributed by atoms with E-state index in [4.69, 9.17) is 9.47 Å². The fraction of sp³-hybridized carbons (Fsp3) is 0.500. The molecule has 0 spiro atoms. The lowest BCUT2D eigenvalue weighted by molar-refractivity contribution is 0.242. The molecule has 6 nitrogen and oxygen atoms in total. The minimum atomic E-state index is -0.272. The number of benzene rings is 1. The molecule has 1 fully saturated rings. The van der Waals surface area contributed by atoms with Gasteiger partial charge in [-0.3, -0.25) is 4.79 Å². The molecule has 3 rings (SSSR count). The lowest BCUT2D eigenvalue weighted by atomic mass is 10.2. The third-order valence-electron chi connectivity index (χ3n) is 3.92. The molecule has 1 aliphatic heterocycles. The largest absolute Gasteiger partial charge is 0.493 e. The first-order valence-corrected chi connectivity index (χ1v) is 8.92. The second-order valence-corrected chi connectivity index (χ2v) is 6.64. The van der Waals surface area contributed by atoms with E-state index in [1.807, 2.05) is 11.8 Å². The maximum atomic E-state index is 11.8. The molecule has 0 bridgehead atoms. The van der Waals surface area contributed by atoms with Crippen molar-refractivity contribution in [3.63, 3.8) is 0 Å². The molecule has 1 saturated heterocycles. The molecule has 0 atom stereocenters. The topological polar surface area (TPSA) is 67.4 Å². The number of ether oxygens (including phenoxy) is 2. The molecule has 124 valence electrons. The number of nitrogens with zero attached hydrogens (tertiary/aromatic N) is 2. The molecule has 0 amide bonds.